The fraction of sp³-hybridized carbons (Fsp3) is 0.154. The Kier molecular flexibility index (Phi) is 2.50. The highest BCUT2D eigenvalue weighted by Crippen LogP contribution is 2.37. The number of hydrogen-bond donors (Lipinski definition) is 0. The SMILES string of the molecule is O=CC1C=CC=CC1(F)c1ccccc1. The summed E-state index contributed by atoms with van der Waals surface area (Å²) in [7, 11) is 0. The molecule has 1 aromatic rings. The van der Waals surface area contributed by atoms with Crippen molar-refractivity contribution in [2.75, 3.05) is 0 Å². The zero-order chi connectivity index (χ0) is 10.7. The minimum atomic E-state index is -1.70. The van der Waals surface area contributed by atoms with E-state index >= 15 is 0 Å². The Hall–Kier alpha value is -1.70. The van der Waals surface area contributed by atoms with Crippen molar-refractivity contribution in [1.82, 2.24) is 0 Å². The Balaban J connectivity index is 2.45. The van der Waals surface area contributed by atoms with Gasteiger partial charge in [-0.1, -0.05) is 48.6 Å². The van der Waals surface area contributed by atoms with Crippen molar-refractivity contribution in [3.05, 3.63) is 60.2 Å². The van der Waals surface area contributed by atoms with Gasteiger partial charge < -0.3 is 4.79 Å². The van der Waals surface area contributed by atoms with E-state index in [9.17, 15) is 9.18 Å². The van der Waals surface area contributed by atoms with E-state index in [1.165, 1.54) is 6.08 Å². The number of carbonyl (C=O) groups excluding carboxylic acids is 1. The molecule has 1 aliphatic carbocycles. The molecule has 0 spiro atoms. The average Bonchev–Trinajstić information content (AvgIpc) is 2.31. The standard InChI is InChI=1S/C13H11FO/c14-13(11-6-2-1-3-7-11)9-5-4-8-12(13)10-15/h1-10,12H. The number of halogens is 1. The van der Waals surface area contributed by atoms with Gasteiger partial charge in [-0.25, -0.2) is 4.39 Å². The van der Waals surface area contributed by atoms with Crippen molar-refractivity contribution in [3.63, 3.8) is 0 Å². The fourth-order valence-corrected chi connectivity index (χ4v) is 1.76. The van der Waals surface area contributed by atoms with Crippen LogP contribution in [0, 0.1) is 5.92 Å². The second kappa shape index (κ2) is 3.81. The molecule has 0 N–H and O–H groups in total. The average molecular weight is 202 g/mol. The van der Waals surface area contributed by atoms with Gasteiger partial charge in [-0.2, -0.15) is 0 Å². The second-order valence-electron chi connectivity index (χ2n) is 3.54. The first-order valence-corrected chi connectivity index (χ1v) is 4.83. The third-order valence-electron chi connectivity index (χ3n) is 2.62. The second-order valence-corrected chi connectivity index (χ2v) is 3.54. The molecule has 1 nitrogen and oxygen atoms in total. The van der Waals surface area contributed by atoms with Crippen molar-refractivity contribution in [2.45, 2.75) is 5.67 Å². The molecule has 0 saturated carbocycles. The van der Waals surface area contributed by atoms with Gasteiger partial charge in [0.05, 0.1) is 5.92 Å². The van der Waals surface area contributed by atoms with E-state index in [0.717, 1.165) is 0 Å². The molecule has 2 heteroatoms. The van der Waals surface area contributed by atoms with Crippen molar-refractivity contribution in [2.24, 2.45) is 5.92 Å². The number of rotatable bonds is 2. The maximum atomic E-state index is 14.6. The van der Waals surface area contributed by atoms with Crippen LogP contribution in [0.25, 0.3) is 0 Å². The summed E-state index contributed by atoms with van der Waals surface area (Å²) in [6.07, 6.45) is 6.99. The van der Waals surface area contributed by atoms with Gasteiger partial charge in [-0.05, 0) is 11.6 Å². The van der Waals surface area contributed by atoms with E-state index in [4.69, 9.17) is 0 Å². The lowest BCUT2D eigenvalue weighted by atomic mass is 9.81. The van der Waals surface area contributed by atoms with E-state index in [0.29, 0.717) is 11.8 Å². The summed E-state index contributed by atoms with van der Waals surface area (Å²) < 4.78 is 14.6. The topological polar surface area (TPSA) is 17.1 Å². The van der Waals surface area contributed by atoms with Crippen LogP contribution in [0.4, 0.5) is 4.39 Å². The van der Waals surface area contributed by atoms with Gasteiger partial charge in [0.25, 0.3) is 0 Å². The molecule has 76 valence electrons. The summed E-state index contributed by atoms with van der Waals surface area (Å²) in [5.74, 6) is -0.732. The summed E-state index contributed by atoms with van der Waals surface area (Å²) in [5.41, 5.74) is -1.18. The molecule has 0 heterocycles. The lowest BCUT2D eigenvalue weighted by Gasteiger charge is -2.27. The molecule has 1 aromatic carbocycles. The largest absolute Gasteiger partial charge is 0.303 e. The van der Waals surface area contributed by atoms with Crippen molar-refractivity contribution >= 4 is 6.29 Å². The summed E-state index contributed by atoms with van der Waals surface area (Å²) in [5, 5.41) is 0. The molecule has 2 atom stereocenters. The third kappa shape index (κ3) is 1.63. The highest BCUT2D eigenvalue weighted by molar-refractivity contribution is 5.62. The molecule has 0 radical (unpaired) electrons. The maximum Gasteiger partial charge on any atom is 0.167 e. The van der Waals surface area contributed by atoms with Gasteiger partial charge in [0.2, 0.25) is 0 Å². The van der Waals surface area contributed by atoms with Gasteiger partial charge in [0.15, 0.2) is 5.67 Å². The number of allylic oxidation sites excluding steroid dienone is 4. The molecular weight excluding hydrogens is 191 g/mol. The summed E-state index contributed by atoms with van der Waals surface area (Å²) >= 11 is 0. The molecule has 2 rings (SSSR count). The Labute approximate surface area is 87.9 Å². The first-order valence-electron chi connectivity index (χ1n) is 4.83. The molecule has 1 aliphatic rings. The molecule has 15 heavy (non-hydrogen) atoms. The highest BCUT2D eigenvalue weighted by Gasteiger charge is 2.37. The molecule has 0 saturated heterocycles. The van der Waals surface area contributed by atoms with Gasteiger partial charge in [-0.3, -0.25) is 0 Å². The van der Waals surface area contributed by atoms with E-state index < -0.39 is 11.6 Å². The number of alkyl halides is 1. The van der Waals surface area contributed by atoms with Crippen molar-refractivity contribution in [1.29, 1.82) is 0 Å². The molecule has 0 bridgehead atoms. The Morgan fingerprint density at radius 3 is 2.60 bits per heavy atom. The molecule has 2 unspecified atom stereocenters. The first kappa shape index (κ1) is 9.84. The molecule has 0 fully saturated rings. The Morgan fingerprint density at radius 1 is 1.20 bits per heavy atom. The fourth-order valence-electron chi connectivity index (χ4n) is 1.76. The monoisotopic (exact) mass is 202 g/mol. The van der Waals surface area contributed by atoms with Crippen LogP contribution in [0.15, 0.2) is 54.6 Å². The van der Waals surface area contributed by atoms with E-state index in [-0.39, 0.29) is 0 Å². The minimum absolute atomic E-state index is 0.516. The Morgan fingerprint density at radius 2 is 1.93 bits per heavy atom. The number of aldehydes is 1. The summed E-state index contributed by atoms with van der Waals surface area (Å²) in [6.45, 7) is 0. The van der Waals surface area contributed by atoms with Crippen LogP contribution in [0.2, 0.25) is 0 Å². The molecule has 0 aromatic heterocycles. The third-order valence-corrected chi connectivity index (χ3v) is 2.62. The van der Waals surface area contributed by atoms with Crippen LogP contribution in [0.5, 0.6) is 0 Å². The smallest absolute Gasteiger partial charge is 0.167 e. The van der Waals surface area contributed by atoms with Crippen LogP contribution in [0.3, 0.4) is 0 Å². The highest BCUT2D eigenvalue weighted by atomic mass is 19.1. The minimum Gasteiger partial charge on any atom is -0.303 e. The van der Waals surface area contributed by atoms with E-state index in [2.05, 4.69) is 0 Å². The summed E-state index contributed by atoms with van der Waals surface area (Å²) in [6, 6.07) is 8.75. The van der Waals surface area contributed by atoms with Crippen LogP contribution < -0.4 is 0 Å². The lowest BCUT2D eigenvalue weighted by molar-refractivity contribution is -0.112. The van der Waals surface area contributed by atoms with Crippen molar-refractivity contribution in [3.8, 4) is 0 Å². The van der Waals surface area contributed by atoms with E-state index in [1.54, 1.807) is 42.5 Å². The van der Waals surface area contributed by atoms with Crippen molar-refractivity contribution < 1.29 is 9.18 Å². The quantitative estimate of drug-likeness (QED) is 0.674. The van der Waals surface area contributed by atoms with Gasteiger partial charge in [0.1, 0.15) is 6.29 Å². The molecule has 0 amide bonds. The summed E-state index contributed by atoms with van der Waals surface area (Å²) in [4.78, 5) is 10.8. The molecule has 0 aliphatic heterocycles. The number of hydrogen-bond acceptors (Lipinski definition) is 1. The lowest BCUT2D eigenvalue weighted by Crippen LogP contribution is -2.29. The number of benzene rings is 1. The van der Waals surface area contributed by atoms with Crippen LogP contribution >= 0.6 is 0 Å². The Bertz CT molecular complexity index is 408. The zero-order valence-corrected chi connectivity index (χ0v) is 8.14. The van der Waals surface area contributed by atoms with Crippen LogP contribution in [0.1, 0.15) is 5.56 Å². The zero-order valence-electron chi connectivity index (χ0n) is 8.14. The van der Waals surface area contributed by atoms with Crippen LogP contribution in [-0.4, -0.2) is 6.29 Å². The number of carbonyl (C=O) groups is 1. The van der Waals surface area contributed by atoms with Gasteiger partial charge in [0, 0.05) is 0 Å². The predicted molar refractivity (Wildman–Crippen MR) is 57.1 cm³/mol. The normalized spacial score (nSPS) is 29.0. The van der Waals surface area contributed by atoms with Crippen LogP contribution in [-0.2, 0) is 10.5 Å². The predicted octanol–water partition coefficient (Wildman–Crippen LogP) is 2.79. The van der Waals surface area contributed by atoms with E-state index in [1.807, 2.05) is 6.07 Å². The van der Waals surface area contributed by atoms with Gasteiger partial charge >= 0.3 is 0 Å². The first-order chi connectivity index (χ1) is 7.27. The maximum absolute atomic E-state index is 14.6. The van der Waals surface area contributed by atoms with Gasteiger partial charge in [-0.15, -0.1) is 0 Å². The molecular formula is C13H11FO.